The van der Waals surface area contributed by atoms with Crippen LogP contribution in [0.4, 0.5) is 0 Å². The van der Waals surface area contributed by atoms with Crippen molar-refractivity contribution in [2.75, 3.05) is 0 Å². The van der Waals surface area contributed by atoms with Gasteiger partial charge >= 0.3 is 0 Å². The van der Waals surface area contributed by atoms with Gasteiger partial charge in [-0.1, -0.05) is 28.1 Å². The zero-order chi connectivity index (χ0) is 12.3. The molecule has 1 aromatic rings. The monoisotopic (exact) mass is 295 g/mol. The molecule has 4 heteroatoms. The molecule has 1 fully saturated rings. The average molecular weight is 296 g/mol. The van der Waals surface area contributed by atoms with Crippen LogP contribution < -0.4 is 5.32 Å². The fraction of sp³-hybridized carbons (Fsp3) is 0.385. The van der Waals surface area contributed by atoms with Crippen molar-refractivity contribution < 1.29 is 9.59 Å². The van der Waals surface area contributed by atoms with Gasteiger partial charge in [0.1, 0.15) is 0 Å². The Morgan fingerprint density at radius 2 is 2.29 bits per heavy atom. The molecule has 1 N–H and O–H groups in total. The molecule has 1 aliphatic carbocycles. The maximum absolute atomic E-state index is 11.7. The van der Waals surface area contributed by atoms with E-state index in [9.17, 15) is 9.59 Å². The summed E-state index contributed by atoms with van der Waals surface area (Å²) < 4.78 is 0.958. The Morgan fingerprint density at radius 3 is 2.94 bits per heavy atom. The number of nitrogens with one attached hydrogen (secondary N) is 1. The van der Waals surface area contributed by atoms with Crippen molar-refractivity contribution in [1.82, 2.24) is 5.32 Å². The summed E-state index contributed by atoms with van der Waals surface area (Å²) in [6.45, 7) is 0. The molecule has 0 radical (unpaired) electrons. The van der Waals surface area contributed by atoms with Crippen molar-refractivity contribution >= 4 is 27.6 Å². The Kier molecular flexibility index (Phi) is 3.94. The van der Waals surface area contributed by atoms with Crippen LogP contribution in [-0.4, -0.2) is 17.7 Å². The van der Waals surface area contributed by atoms with Gasteiger partial charge in [0, 0.05) is 10.9 Å². The molecule has 17 heavy (non-hydrogen) atoms. The zero-order valence-electron chi connectivity index (χ0n) is 9.41. The Morgan fingerprint density at radius 1 is 1.47 bits per heavy atom. The zero-order valence-corrected chi connectivity index (χ0v) is 11.0. The Labute approximate surface area is 109 Å². The van der Waals surface area contributed by atoms with E-state index < -0.39 is 0 Å². The third-order valence-electron chi connectivity index (χ3n) is 2.89. The molecule has 3 nitrogen and oxygen atoms in total. The number of hydrogen-bond donors (Lipinski definition) is 1. The van der Waals surface area contributed by atoms with Crippen molar-refractivity contribution in [2.45, 2.75) is 31.7 Å². The van der Waals surface area contributed by atoms with Crippen LogP contribution in [0.2, 0.25) is 0 Å². The van der Waals surface area contributed by atoms with Crippen LogP contribution in [-0.2, 0) is 16.0 Å². The average Bonchev–Trinajstić information content (AvgIpc) is 2.64. The summed E-state index contributed by atoms with van der Waals surface area (Å²) in [6, 6.07) is 7.38. The van der Waals surface area contributed by atoms with E-state index in [0.29, 0.717) is 12.8 Å². The van der Waals surface area contributed by atoms with E-state index in [1.165, 1.54) is 0 Å². The number of carbonyl (C=O) groups is 2. The van der Waals surface area contributed by atoms with Crippen molar-refractivity contribution in [2.24, 2.45) is 0 Å². The summed E-state index contributed by atoms with van der Waals surface area (Å²) in [5.74, 6) is 0.0796. The quantitative estimate of drug-likeness (QED) is 0.929. The molecule has 1 amide bonds. The normalized spacial score (nSPS) is 19.4. The maximum Gasteiger partial charge on any atom is 0.225 e. The number of Topliss-reactive ketones (excluding diaryl/α,β-unsaturated/α-hetero) is 1. The van der Waals surface area contributed by atoms with Gasteiger partial charge in [0.15, 0.2) is 5.78 Å². The van der Waals surface area contributed by atoms with Crippen LogP contribution in [0.25, 0.3) is 0 Å². The van der Waals surface area contributed by atoms with Gasteiger partial charge in [0.2, 0.25) is 5.91 Å². The Balaban J connectivity index is 1.91. The third-order valence-corrected chi connectivity index (χ3v) is 3.39. The van der Waals surface area contributed by atoms with E-state index in [2.05, 4.69) is 21.2 Å². The molecule has 1 aromatic carbocycles. The summed E-state index contributed by atoms with van der Waals surface area (Å²) in [6.07, 6.45) is 2.59. The van der Waals surface area contributed by atoms with Crippen LogP contribution in [0.15, 0.2) is 28.7 Å². The molecule has 1 unspecified atom stereocenters. The van der Waals surface area contributed by atoms with Gasteiger partial charge in [0.25, 0.3) is 0 Å². The van der Waals surface area contributed by atoms with Gasteiger partial charge < -0.3 is 5.32 Å². The summed E-state index contributed by atoms with van der Waals surface area (Å²) in [5, 5.41) is 2.79. The van der Waals surface area contributed by atoms with Gasteiger partial charge in [-0.2, -0.15) is 0 Å². The van der Waals surface area contributed by atoms with E-state index in [1.807, 2.05) is 24.3 Å². The lowest BCUT2D eigenvalue weighted by Gasteiger charge is -2.10. The van der Waals surface area contributed by atoms with E-state index in [4.69, 9.17) is 0 Å². The van der Waals surface area contributed by atoms with E-state index in [0.717, 1.165) is 22.9 Å². The van der Waals surface area contributed by atoms with E-state index >= 15 is 0 Å². The molecule has 0 aromatic heterocycles. The molecule has 1 aliphatic rings. The van der Waals surface area contributed by atoms with Gasteiger partial charge in [-0.25, -0.2) is 0 Å². The van der Waals surface area contributed by atoms with E-state index in [1.54, 1.807) is 0 Å². The minimum atomic E-state index is -0.255. The first-order chi connectivity index (χ1) is 8.15. The first-order valence-corrected chi connectivity index (χ1v) is 6.51. The molecule has 0 spiro atoms. The number of benzene rings is 1. The second kappa shape index (κ2) is 5.45. The first kappa shape index (κ1) is 12.3. The van der Waals surface area contributed by atoms with Crippen LogP contribution in [0.3, 0.4) is 0 Å². The minimum absolute atomic E-state index is 0.0802. The summed E-state index contributed by atoms with van der Waals surface area (Å²) >= 11 is 3.36. The first-order valence-electron chi connectivity index (χ1n) is 5.71. The van der Waals surface area contributed by atoms with Gasteiger partial charge in [-0.15, -0.1) is 0 Å². The number of amides is 1. The predicted octanol–water partition coefficient (Wildman–Crippen LogP) is 2.23. The molecule has 0 saturated heterocycles. The second-order valence-electron chi connectivity index (χ2n) is 4.29. The fourth-order valence-corrected chi connectivity index (χ4v) is 2.49. The molecule has 0 aliphatic heterocycles. The minimum Gasteiger partial charge on any atom is -0.346 e. The third kappa shape index (κ3) is 3.40. The fourth-order valence-electron chi connectivity index (χ4n) is 2.05. The van der Waals surface area contributed by atoms with Crippen molar-refractivity contribution in [3.05, 3.63) is 34.3 Å². The molecular formula is C13H14BrNO2. The molecule has 2 rings (SSSR count). The molecule has 0 heterocycles. The number of carbonyl (C=O) groups excluding carboxylic acids is 2. The topological polar surface area (TPSA) is 46.2 Å². The largest absolute Gasteiger partial charge is 0.346 e. The number of hydrogen-bond acceptors (Lipinski definition) is 2. The molecule has 90 valence electrons. The highest BCUT2D eigenvalue weighted by atomic mass is 79.9. The van der Waals surface area contributed by atoms with Crippen molar-refractivity contribution in [3.8, 4) is 0 Å². The Hall–Kier alpha value is -1.16. The molecule has 1 saturated carbocycles. The molecule has 1 atom stereocenters. The van der Waals surface area contributed by atoms with Crippen molar-refractivity contribution in [1.29, 1.82) is 0 Å². The van der Waals surface area contributed by atoms with Crippen LogP contribution in [0.1, 0.15) is 24.8 Å². The second-order valence-corrected chi connectivity index (χ2v) is 5.20. The van der Waals surface area contributed by atoms with Crippen LogP contribution in [0, 0.1) is 0 Å². The highest BCUT2D eigenvalue weighted by molar-refractivity contribution is 9.10. The van der Waals surface area contributed by atoms with Gasteiger partial charge in [-0.05, 0) is 30.5 Å². The number of halogens is 1. The van der Waals surface area contributed by atoms with Crippen molar-refractivity contribution in [3.63, 3.8) is 0 Å². The maximum atomic E-state index is 11.7. The van der Waals surface area contributed by atoms with E-state index in [-0.39, 0.29) is 17.7 Å². The summed E-state index contributed by atoms with van der Waals surface area (Å²) in [4.78, 5) is 23.1. The predicted molar refractivity (Wildman–Crippen MR) is 68.6 cm³/mol. The highest BCUT2D eigenvalue weighted by Gasteiger charge is 2.25. The smallest absolute Gasteiger partial charge is 0.225 e. The number of ketones is 1. The highest BCUT2D eigenvalue weighted by Crippen LogP contribution is 2.15. The van der Waals surface area contributed by atoms with Crippen LogP contribution in [0.5, 0.6) is 0 Å². The van der Waals surface area contributed by atoms with Gasteiger partial charge in [-0.3, -0.25) is 9.59 Å². The summed E-state index contributed by atoms with van der Waals surface area (Å²) in [7, 11) is 0. The number of rotatable bonds is 3. The molecular weight excluding hydrogens is 282 g/mol. The Bertz CT molecular complexity index is 445. The lowest BCUT2D eigenvalue weighted by Crippen LogP contribution is -2.38. The van der Waals surface area contributed by atoms with Crippen LogP contribution >= 0.6 is 15.9 Å². The molecule has 0 bridgehead atoms. The lowest BCUT2D eigenvalue weighted by atomic mass is 10.1. The summed E-state index contributed by atoms with van der Waals surface area (Å²) in [5.41, 5.74) is 0.947. The SMILES string of the molecule is O=C(Cc1cccc(Br)c1)NC1CCCC1=O. The van der Waals surface area contributed by atoms with Gasteiger partial charge in [0.05, 0.1) is 12.5 Å². The lowest BCUT2D eigenvalue weighted by molar-refractivity contribution is -0.126. The standard InChI is InChI=1S/C13H14BrNO2/c14-10-4-1-3-9(7-10)8-13(17)15-11-5-2-6-12(11)16/h1,3-4,7,11H,2,5-6,8H2,(H,15,17).